The van der Waals surface area contributed by atoms with Crippen molar-refractivity contribution in [2.75, 3.05) is 20.8 Å². The lowest BCUT2D eigenvalue weighted by atomic mass is 9.81. The van der Waals surface area contributed by atoms with Crippen LogP contribution >= 0.6 is 0 Å². The molecule has 5 nitrogen and oxygen atoms in total. The molecule has 0 saturated heterocycles. The summed E-state index contributed by atoms with van der Waals surface area (Å²) in [7, 11) is -1.81. The summed E-state index contributed by atoms with van der Waals surface area (Å²) in [6, 6.07) is 14.5. The van der Waals surface area contributed by atoms with Crippen molar-refractivity contribution in [1.29, 1.82) is 0 Å². The smallest absolute Gasteiger partial charge is 0.238 e. The third-order valence-corrected chi connectivity index (χ3v) is 5.94. The first-order valence-corrected chi connectivity index (χ1v) is 10.6. The Morgan fingerprint density at radius 2 is 1.55 bits per heavy atom. The lowest BCUT2D eigenvalue weighted by molar-refractivity contribution is -0.0428. The summed E-state index contributed by atoms with van der Waals surface area (Å²) in [6.07, 6.45) is 0. The molecule has 2 N–H and O–H groups in total. The number of methoxy groups -OCH3 is 2. The van der Waals surface area contributed by atoms with Gasteiger partial charge in [-0.05, 0) is 23.3 Å². The van der Waals surface area contributed by atoms with E-state index in [1.165, 1.54) is 38.5 Å². The molecule has 0 radical (unpaired) electrons. The van der Waals surface area contributed by atoms with E-state index in [0.29, 0.717) is 5.56 Å². The van der Waals surface area contributed by atoms with Crippen molar-refractivity contribution >= 4 is 10.0 Å². The molecule has 9 heteroatoms. The van der Waals surface area contributed by atoms with Crippen molar-refractivity contribution in [3.8, 4) is 11.1 Å². The van der Waals surface area contributed by atoms with Gasteiger partial charge in [-0.25, -0.2) is 26.7 Å². The summed E-state index contributed by atoms with van der Waals surface area (Å²) in [4.78, 5) is -0.364. The van der Waals surface area contributed by atoms with E-state index in [1.807, 2.05) is 0 Å². The Labute approximate surface area is 178 Å². The molecule has 31 heavy (non-hydrogen) atoms. The van der Waals surface area contributed by atoms with Crippen LogP contribution < -0.4 is 5.14 Å². The van der Waals surface area contributed by atoms with Crippen LogP contribution in [0.5, 0.6) is 0 Å². The van der Waals surface area contributed by atoms with Crippen LogP contribution in [-0.2, 0) is 25.1 Å². The fourth-order valence-corrected chi connectivity index (χ4v) is 4.45. The van der Waals surface area contributed by atoms with E-state index >= 15 is 4.39 Å². The van der Waals surface area contributed by atoms with Crippen LogP contribution in [0.3, 0.4) is 0 Å². The normalized spacial score (nSPS) is 13.7. The van der Waals surface area contributed by atoms with Crippen molar-refractivity contribution in [1.82, 2.24) is 0 Å². The number of hydrogen-bond donors (Lipinski definition) is 1. The highest BCUT2D eigenvalue weighted by molar-refractivity contribution is 7.89. The maximum Gasteiger partial charge on any atom is 0.238 e. The topological polar surface area (TPSA) is 78.6 Å². The molecule has 0 aliphatic rings. The molecule has 0 aliphatic carbocycles. The highest BCUT2D eigenvalue weighted by Crippen LogP contribution is 2.44. The number of nitrogens with two attached hydrogens (primary N) is 1. The molecule has 0 heterocycles. The summed E-state index contributed by atoms with van der Waals surface area (Å²) in [6.45, 7) is -0.419. The van der Waals surface area contributed by atoms with Gasteiger partial charge in [0, 0.05) is 25.3 Å². The molecule has 164 valence electrons. The number of benzene rings is 3. The SMILES string of the molecule is COCC(OC)(c1ccccc1S(N)(=O)=O)c1c(-c2ccccc2)cc(F)c(F)c1F. The monoisotopic (exact) mass is 451 g/mol. The molecule has 0 spiro atoms. The van der Waals surface area contributed by atoms with Gasteiger partial charge in [0.15, 0.2) is 17.5 Å². The average molecular weight is 451 g/mol. The quantitative estimate of drug-likeness (QED) is 0.552. The molecular formula is C22H20F3NO4S. The van der Waals surface area contributed by atoms with Crippen LogP contribution in [0.1, 0.15) is 11.1 Å². The van der Waals surface area contributed by atoms with E-state index in [2.05, 4.69) is 0 Å². The first-order chi connectivity index (χ1) is 14.7. The second kappa shape index (κ2) is 8.80. The van der Waals surface area contributed by atoms with Crippen LogP contribution in [0.2, 0.25) is 0 Å². The molecule has 0 aromatic heterocycles. The van der Waals surface area contributed by atoms with Crippen LogP contribution in [0, 0.1) is 17.5 Å². The lowest BCUT2D eigenvalue weighted by Crippen LogP contribution is -2.39. The standard InChI is InChI=1S/C22H20F3NO4S/c1-29-13-22(30-2,16-10-6-7-11-18(16)31(26,27)28)19-15(14-8-4-3-5-9-14)12-17(23)20(24)21(19)25/h3-12H,13H2,1-2H3,(H2,26,27,28). The van der Waals surface area contributed by atoms with E-state index in [9.17, 15) is 17.2 Å². The van der Waals surface area contributed by atoms with Gasteiger partial charge >= 0.3 is 0 Å². The number of hydrogen-bond acceptors (Lipinski definition) is 4. The fourth-order valence-electron chi connectivity index (χ4n) is 3.64. The highest BCUT2D eigenvalue weighted by Gasteiger charge is 2.44. The van der Waals surface area contributed by atoms with Gasteiger partial charge in [-0.2, -0.15) is 0 Å². The average Bonchev–Trinajstić information content (AvgIpc) is 2.76. The number of ether oxygens (including phenoxy) is 2. The van der Waals surface area contributed by atoms with Gasteiger partial charge in [0.1, 0.15) is 5.60 Å². The van der Waals surface area contributed by atoms with E-state index in [0.717, 1.165) is 6.07 Å². The Morgan fingerprint density at radius 1 is 0.935 bits per heavy atom. The molecule has 0 fully saturated rings. The fraction of sp³-hybridized carbons (Fsp3) is 0.182. The van der Waals surface area contributed by atoms with Gasteiger partial charge in [0.25, 0.3) is 0 Å². The minimum Gasteiger partial charge on any atom is -0.381 e. The lowest BCUT2D eigenvalue weighted by Gasteiger charge is -2.36. The number of primary sulfonamides is 1. The minimum atomic E-state index is -4.29. The molecule has 1 unspecified atom stereocenters. The molecule has 0 saturated carbocycles. The van der Waals surface area contributed by atoms with Crippen molar-refractivity contribution in [2.45, 2.75) is 10.5 Å². The van der Waals surface area contributed by atoms with Gasteiger partial charge in [0.05, 0.1) is 11.5 Å². The maximum absolute atomic E-state index is 15.4. The van der Waals surface area contributed by atoms with Crippen molar-refractivity contribution in [3.63, 3.8) is 0 Å². The van der Waals surface area contributed by atoms with E-state index in [1.54, 1.807) is 30.3 Å². The first-order valence-electron chi connectivity index (χ1n) is 9.07. The van der Waals surface area contributed by atoms with Crippen molar-refractivity contribution in [3.05, 3.63) is 89.2 Å². The number of rotatable bonds is 7. The zero-order valence-corrected chi connectivity index (χ0v) is 17.5. The Balaban J connectivity index is 2.51. The van der Waals surface area contributed by atoms with Gasteiger partial charge in [-0.15, -0.1) is 0 Å². The largest absolute Gasteiger partial charge is 0.381 e. The second-order valence-corrected chi connectivity index (χ2v) is 8.31. The van der Waals surface area contributed by atoms with Gasteiger partial charge in [-0.3, -0.25) is 0 Å². The van der Waals surface area contributed by atoms with Gasteiger partial charge in [0.2, 0.25) is 10.0 Å². The molecule has 3 aromatic carbocycles. The molecule has 0 bridgehead atoms. The summed E-state index contributed by atoms with van der Waals surface area (Å²) < 4.78 is 79.5. The Bertz CT molecular complexity index is 1200. The highest BCUT2D eigenvalue weighted by atomic mass is 32.2. The summed E-state index contributed by atoms with van der Waals surface area (Å²) in [5.41, 5.74) is -2.13. The summed E-state index contributed by atoms with van der Waals surface area (Å²) >= 11 is 0. The van der Waals surface area contributed by atoms with Crippen LogP contribution in [0.15, 0.2) is 65.6 Å². The zero-order chi connectivity index (χ0) is 22.8. The third-order valence-electron chi connectivity index (χ3n) is 4.98. The second-order valence-electron chi connectivity index (χ2n) is 6.78. The van der Waals surface area contributed by atoms with E-state index in [4.69, 9.17) is 14.6 Å². The maximum atomic E-state index is 15.4. The van der Waals surface area contributed by atoms with Crippen molar-refractivity contribution in [2.24, 2.45) is 5.14 Å². The Kier molecular flexibility index (Phi) is 6.51. The minimum absolute atomic E-state index is 0.0277. The zero-order valence-electron chi connectivity index (χ0n) is 16.7. The van der Waals surface area contributed by atoms with Gasteiger partial charge < -0.3 is 9.47 Å². The summed E-state index contributed by atoms with van der Waals surface area (Å²) in [5.74, 6) is -4.65. The van der Waals surface area contributed by atoms with Gasteiger partial charge in [-0.1, -0.05) is 48.5 Å². The van der Waals surface area contributed by atoms with Crippen LogP contribution in [-0.4, -0.2) is 29.2 Å². The molecule has 3 rings (SSSR count). The predicted molar refractivity (Wildman–Crippen MR) is 109 cm³/mol. The number of sulfonamides is 1. The van der Waals surface area contributed by atoms with E-state index in [-0.39, 0.29) is 16.0 Å². The molecule has 0 amide bonds. The summed E-state index contributed by atoms with van der Waals surface area (Å²) in [5, 5.41) is 5.37. The van der Waals surface area contributed by atoms with Crippen molar-refractivity contribution < 1.29 is 31.1 Å². The van der Waals surface area contributed by atoms with Crippen LogP contribution in [0.4, 0.5) is 13.2 Å². The molecule has 3 aromatic rings. The number of halogens is 3. The first kappa shape index (κ1) is 23.0. The molecule has 1 atom stereocenters. The predicted octanol–water partition coefficient (Wildman–Crippen LogP) is 3.95. The Hall–Kier alpha value is -2.72. The Morgan fingerprint density at radius 3 is 2.13 bits per heavy atom. The molecule has 0 aliphatic heterocycles. The van der Waals surface area contributed by atoms with E-state index < -0.39 is 45.2 Å². The third kappa shape index (κ3) is 4.09. The molecular weight excluding hydrogens is 431 g/mol. The van der Waals surface area contributed by atoms with Crippen LogP contribution in [0.25, 0.3) is 11.1 Å².